The van der Waals surface area contributed by atoms with Crippen LogP contribution in [0.5, 0.6) is 0 Å². The van der Waals surface area contributed by atoms with Crippen molar-refractivity contribution in [3.05, 3.63) is 62.3 Å². The van der Waals surface area contributed by atoms with Crippen molar-refractivity contribution in [2.24, 2.45) is 0 Å². The Morgan fingerprint density at radius 3 is 2.42 bits per heavy atom. The fraction of sp³-hybridized carbons (Fsp3) is 0.536. The Bertz CT molecular complexity index is 1010. The van der Waals surface area contributed by atoms with Crippen molar-refractivity contribution in [1.82, 2.24) is 9.80 Å². The van der Waals surface area contributed by atoms with Crippen LogP contribution in [0, 0.1) is 0 Å². The number of esters is 1. The Labute approximate surface area is 202 Å². The molecule has 2 saturated heterocycles. The van der Waals surface area contributed by atoms with Crippen molar-refractivity contribution in [2.75, 3.05) is 45.9 Å². The number of thiophene rings is 1. The third-order valence-corrected chi connectivity index (χ3v) is 8.60. The maximum absolute atomic E-state index is 12.5. The van der Waals surface area contributed by atoms with Gasteiger partial charge in [-0.05, 0) is 106 Å². The first-order valence-corrected chi connectivity index (χ1v) is 13.6. The summed E-state index contributed by atoms with van der Waals surface area (Å²) in [4.78, 5) is 19.8. The lowest BCUT2D eigenvalue weighted by Crippen LogP contribution is -2.34. The highest BCUT2D eigenvalue weighted by atomic mass is 32.1. The van der Waals surface area contributed by atoms with Gasteiger partial charge in [-0.1, -0.05) is 29.8 Å². The summed E-state index contributed by atoms with van der Waals surface area (Å²) in [5.41, 5.74) is 7.07. The number of carbonyl (C=O) groups is 1. The second-order valence-corrected chi connectivity index (χ2v) is 10.7. The van der Waals surface area contributed by atoms with Crippen LogP contribution >= 0.6 is 11.3 Å². The molecule has 3 heterocycles. The molecule has 0 spiro atoms. The molecular formula is C28H36N2O2S. The molecule has 0 N–H and O–H groups in total. The highest BCUT2D eigenvalue weighted by Gasteiger charge is 2.27. The molecule has 1 aromatic heterocycles. The molecule has 0 saturated carbocycles. The molecule has 0 radical (unpaired) electrons. The maximum Gasteiger partial charge on any atom is 0.348 e. The van der Waals surface area contributed by atoms with Gasteiger partial charge in [-0.3, -0.25) is 0 Å². The Hall–Kier alpha value is -1.95. The number of carbonyl (C=O) groups excluding carboxylic acids is 1. The monoisotopic (exact) mass is 464 g/mol. The fourth-order valence-electron chi connectivity index (χ4n) is 5.71. The van der Waals surface area contributed by atoms with E-state index in [9.17, 15) is 4.79 Å². The molecule has 33 heavy (non-hydrogen) atoms. The summed E-state index contributed by atoms with van der Waals surface area (Å²) in [6, 6.07) is 11.0. The number of rotatable bonds is 6. The normalized spacial score (nSPS) is 19.3. The molecule has 2 fully saturated rings. The van der Waals surface area contributed by atoms with Crippen molar-refractivity contribution < 1.29 is 9.53 Å². The molecule has 2 aliphatic heterocycles. The summed E-state index contributed by atoms with van der Waals surface area (Å²) in [5, 5.41) is 0. The number of aryl methyl sites for hydroxylation is 2. The Morgan fingerprint density at radius 1 is 0.939 bits per heavy atom. The number of hydrogen-bond donors (Lipinski definition) is 0. The van der Waals surface area contributed by atoms with Gasteiger partial charge in [-0.2, -0.15) is 0 Å². The van der Waals surface area contributed by atoms with Gasteiger partial charge in [0.1, 0.15) is 4.88 Å². The number of hydrogen-bond acceptors (Lipinski definition) is 5. The largest absolute Gasteiger partial charge is 0.462 e. The summed E-state index contributed by atoms with van der Waals surface area (Å²) >= 11 is 1.63. The van der Waals surface area contributed by atoms with E-state index >= 15 is 0 Å². The van der Waals surface area contributed by atoms with Crippen molar-refractivity contribution in [1.29, 1.82) is 0 Å². The zero-order valence-corrected chi connectivity index (χ0v) is 20.7. The van der Waals surface area contributed by atoms with E-state index in [4.69, 9.17) is 4.74 Å². The molecule has 3 aliphatic rings. The number of piperidine rings is 1. The van der Waals surface area contributed by atoms with Gasteiger partial charge in [0.05, 0.1) is 6.61 Å². The van der Waals surface area contributed by atoms with Crippen LogP contribution in [0.4, 0.5) is 0 Å². The van der Waals surface area contributed by atoms with E-state index < -0.39 is 0 Å². The molecule has 0 unspecified atom stereocenters. The molecule has 2 aromatic rings. The van der Waals surface area contributed by atoms with E-state index in [1.165, 1.54) is 72.6 Å². The first-order chi connectivity index (χ1) is 16.2. The number of likely N-dealkylation sites (tertiary alicyclic amines) is 2. The van der Waals surface area contributed by atoms with Crippen LogP contribution in [0.3, 0.4) is 0 Å². The zero-order chi connectivity index (χ0) is 22.6. The van der Waals surface area contributed by atoms with Crippen molar-refractivity contribution in [3.8, 4) is 0 Å². The average Bonchev–Trinajstić information content (AvgIpc) is 3.48. The standard InChI is InChI=1S/C28H36N2O2S/c1-2-32-28(31)26-20-24-25(33-26)11-10-21-8-3-4-9-23(21)27(24)22-12-18-30(19-13-22)17-7-16-29-14-5-6-15-29/h3-4,8-9,20H,2,5-7,10-19H2,1H3. The number of benzene rings is 1. The van der Waals surface area contributed by atoms with Gasteiger partial charge in [0.15, 0.2) is 0 Å². The molecule has 0 amide bonds. The van der Waals surface area contributed by atoms with Crippen LogP contribution < -0.4 is 0 Å². The lowest BCUT2D eigenvalue weighted by Gasteiger charge is -2.30. The SMILES string of the molecule is CCOC(=O)c1cc2c(s1)CCc1ccccc1C2=C1CCN(CCCN2CCCC2)CC1. The topological polar surface area (TPSA) is 32.8 Å². The van der Waals surface area contributed by atoms with Gasteiger partial charge < -0.3 is 14.5 Å². The lowest BCUT2D eigenvalue weighted by molar-refractivity contribution is 0.0532. The van der Waals surface area contributed by atoms with E-state index in [0.717, 1.165) is 43.6 Å². The Kier molecular flexibility index (Phi) is 7.29. The average molecular weight is 465 g/mol. The molecular weight excluding hydrogens is 428 g/mol. The molecule has 5 heteroatoms. The zero-order valence-electron chi connectivity index (χ0n) is 19.9. The van der Waals surface area contributed by atoms with Crippen molar-refractivity contribution >= 4 is 22.9 Å². The van der Waals surface area contributed by atoms with Gasteiger partial charge in [-0.15, -0.1) is 11.3 Å². The third kappa shape index (κ3) is 5.11. The summed E-state index contributed by atoms with van der Waals surface area (Å²) in [7, 11) is 0. The third-order valence-electron chi connectivity index (χ3n) is 7.42. The smallest absolute Gasteiger partial charge is 0.348 e. The predicted octanol–water partition coefficient (Wildman–Crippen LogP) is 5.41. The van der Waals surface area contributed by atoms with E-state index in [0.29, 0.717) is 6.61 Å². The summed E-state index contributed by atoms with van der Waals surface area (Å²) in [5.74, 6) is -0.180. The van der Waals surface area contributed by atoms with Crippen LogP contribution in [0.2, 0.25) is 0 Å². The van der Waals surface area contributed by atoms with E-state index in [1.54, 1.807) is 16.9 Å². The number of ether oxygens (including phenoxy) is 1. The van der Waals surface area contributed by atoms with E-state index in [-0.39, 0.29) is 5.97 Å². The Morgan fingerprint density at radius 2 is 1.67 bits per heavy atom. The first kappa shape index (κ1) is 22.8. The van der Waals surface area contributed by atoms with Crippen LogP contribution in [-0.2, 0) is 17.6 Å². The lowest BCUT2D eigenvalue weighted by atomic mass is 9.87. The van der Waals surface area contributed by atoms with Gasteiger partial charge in [-0.25, -0.2) is 4.79 Å². The van der Waals surface area contributed by atoms with Crippen LogP contribution in [0.1, 0.15) is 70.3 Å². The molecule has 176 valence electrons. The molecule has 1 aliphatic carbocycles. The van der Waals surface area contributed by atoms with Crippen molar-refractivity contribution in [2.45, 2.75) is 51.9 Å². The number of nitrogens with zero attached hydrogens (tertiary/aromatic N) is 2. The highest BCUT2D eigenvalue weighted by Crippen LogP contribution is 2.41. The van der Waals surface area contributed by atoms with Gasteiger partial charge in [0.25, 0.3) is 0 Å². The minimum absolute atomic E-state index is 0.180. The molecule has 1 aromatic carbocycles. The second-order valence-electron chi connectivity index (χ2n) is 9.55. The summed E-state index contributed by atoms with van der Waals surface area (Å²) in [6.45, 7) is 9.65. The van der Waals surface area contributed by atoms with Crippen molar-refractivity contribution in [3.63, 3.8) is 0 Å². The molecule has 0 bridgehead atoms. The molecule has 0 atom stereocenters. The minimum atomic E-state index is -0.180. The summed E-state index contributed by atoms with van der Waals surface area (Å²) in [6.07, 6.45) is 8.32. The van der Waals surface area contributed by atoms with Gasteiger partial charge in [0, 0.05) is 18.0 Å². The predicted molar refractivity (Wildman–Crippen MR) is 136 cm³/mol. The van der Waals surface area contributed by atoms with E-state index in [2.05, 4.69) is 40.1 Å². The van der Waals surface area contributed by atoms with Crippen LogP contribution in [0.15, 0.2) is 35.9 Å². The Balaban J connectivity index is 1.37. The maximum atomic E-state index is 12.5. The van der Waals surface area contributed by atoms with E-state index in [1.807, 2.05) is 6.92 Å². The molecule has 5 rings (SSSR count). The molecule has 4 nitrogen and oxygen atoms in total. The minimum Gasteiger partial charge on any atom is -0.462 e. The number of fused-ring (bicyclic) bond motifs is 2. The highest BCUT2D eigenvalue weighted by molar-refractivity contribution is 7.14. The summed E-state index contributed by atoms with van der Waals surface area (Å²) < 4.78 is 5.32. The van der Waals surface area contributed by atoms with Crippen LogP contribution in [-0.4, -0.2) is 61.6 Å². The quantitative estimate of drug-likeness (QED) is 0.536. The van der Waals surface area contributed by atoms with Gasteiger partial charge in [0.2, 0.25) is 0 Å². The van der Waals surface area contributed by atoms with Gasteiger partial charge >= 0.3 is 5.97 Å². The van der Waals surface area contributed by atoms with Crippen LogP contribution in [0.25, 0.3) is 5.57 Å². The first-order valence-electron chi connectivity index (χ1n) is 12.8. The second kappa shape index (κ2) is 10.5. The fourth-order valence-corrected chi connectivity index (χ4v) is 6.77.